The topological polar surface area (TPSA) is 95.9 Å². The quantitative estimate of drug-likeness (QED) is 0.406. The average molecular weight is 493 g/mol. The Morgan fingerprint density at radius 3 is 2.41 bits per heavy atom. The molecule has 0 atom stereocenters. The number of nitrogens with one attached hydrogen (secondary N) is 1. The number of ether oxygens (including phenoxy) is 1. The van der Waals surface area contributed by atoms with Gasteiger partial charge in [-0.15, -0.1) is 0 Å². The van der Waals surface area contributed by atoms with E-state index in [1.54, 1.807) is 36.4 Å². The van der Waals surface area contributed by atoms with Gasteiger partial charge in [-0.2, -0.15) is 0 Å². The molecule has 1 heterocycles. The zero-order chi connectivity index (χ0) is 22.7. The summed E-state index contributed by atoms with van der Waals surface area (Å²) in [5.74, 6) is -1.17. The summed E-state index contributed by atoms with van der Waals surface area (Å²) < 4.78 is 6.39. The highest BCUT2D eigenvalue weighted by Crippen LogP contribution is 2.28. The Balaban J connectivity index is 1.56. The summed E-state index contributed by atoms with van der Waals surface area (Å²) in [7, 11) is 0. The number of aromatic hydroxyl groups is 1. The average Bonchev–Trinajstić information content (AvgIpc) is 2.79. The summed E-state index contributed by atoms with van der Waals surface area (Å²) in [4.78, 5) is 38.6. The molecule has 7 nitrogen and oxygen atoms in total. The first-order valence-corrected chi connectivity index (χ1v) is 10.4. The Labute approximate surface area is 192 Å². The van der Waals surface area contributed by atoms with E-state index in [1.807, 2.05) is 30.3 Å². The highest BCUT2D eigenvalue weighted by atomic mass is 79.9. The van der Waals surface area contributed by atoms with Crippen LogP contribution in [0.4, 0.5) is 10.5 Å². The summed E-state index contributed by atoms with van der Waals surface area (Å²) in [5.41, 5.74) is 1.27. The van der Waals surface area contributed by atoms with Gasteiger partial charge in [-0.1, -0.05) is 46.3 Å². The molecule has 4 amide bonds. The van der Waals surface area contributed by atoms with Gasteiger partial charge in [-0.05, 0) is 54.1 Å². The second-order valence-corrected chi connectivity index (χ2v) is 7.84. The number of phenolic OH excluding ortho intramolecular Hbond substituents is 1. The summed E-state index contributed by atoms with van der Waals surface area (Å²) in [6.45, 7) is 0.376. The molecule has 3 aromatic carbocycles. The van der Waals surface area contributed by atoms with Crippen molar-refractivity contribution in [3.05, 3.63) is 94.0 Å². The van der Waals surface area contributed by atoms with Gasteiger partial charge < -0.3 is 9.84 Å². The molecule has 1 fully saturated rings. The van der Waals surface area contributed by atoms with E-state index in [9.17, 15) is 19.5 Å². The molecule has 0 unspecified atom stereocenters. The second kappa shape index (κ2) is 9.07. The van der Waals surface area contributed by atoms with E-state index in [-0.39, 0.29) is 22.6 Å². The van der Waals surface area contributed by atoms with Gasteiger partial charge in [-0.25, -0.2) is 9.69 Å². The van der Waals surface area contributed by atoms with E-state index in [0.717, 1.165) is 10.5 Å². The molecule has 0 aromatic heterocycles. The van der Waals surface area contributed by atoms with Crippen LogP contribution >= 0.6 is 15.9 Å². The number of benzene rings is 3. The molecule has 4 rings (SSSR count). The first kappa shape index (κ1) is 21.3. The molecule has 32 heavy (non-hydrogen) atoms. The zero-order valence-corrected chi connectivity index (χ0v) is 18.2. The molecular formula is C24H17BrN2O5. The highest BCUT2D eigenvalue weighted by Gasteiger charge is 2.37. The number of anilines is 1. The fourth-order valence-electron chi connectivity index (χ4n) is 3.12. The number of carbonyl (C=O) groups excluding carboxylic acids is 3. The minimum Gasteiger partial charge on any atom is -0.507 e. The predicted octanol–water partition coefficient (Wildman–Crippen LogP) is 4.40. The number of amides is 4. The standard InChI is InChI=1S/C24H17BrN2O5/c25-17-6-11-21(28)16(12-17)13-20-22(29)26-24(31)27(23(20)30)18-7-9-19(10-8-18)32-14-15-4-2-1-3-5-15/h1-13,28H,14H2,(H,26,29,31)/b20-13+. The SMILES string of the molecule is O=C1NC(=O)N(c2ccc(OCc3ccccc3)cc2)C(=O)/C1=C/c1cc(Br)ccc1O. The van der Waals surface area contributed by atoms with Crippen LogP contribution in [0.1, 0.15) is 11.1 Å². The van der Waals surface area contributed by atoms with Crippen molar-refractivity contribution >= 4 is 45.5 Å². The molecule has 2 N–H and O–H groups in total. The van der Waals surface area contributed by atoms with Gasteiger partial charge in [0.25, 0.3) is 11.8 Å². The van der Waals surface area contributed by atoms with Gasteiger partial charge in [0.15, 0.2) is 0 Å². The van der Waals surface area contributed by atoms with E-state index in [2.05, 4.69) is 21.2 Å². The largest absolute Gasteiger partial charge is 0.507 e. The number of nitrogens with zero attached hydrogens (tertiary/aromatic N) is 1. The van der Waals surface area contributed by atoms with Gasteiger partial charge in [0.05, 0.1) is 5.69 Å². The van der Waals surface area contributed by atoms with Crippen LogP contribution < -0.4 is 15.0 Å². The van der Waals surface area contributed by atoms with Gasteiger partial charge in [0.1, 0.15) is 23.7 Å². The Bertz CT molecular complexity index is 1220. The zero-order valence-electron chi connectivity index (χ0n) is 16.6. The van der Waals surface area contributed by atoms with Crippen molar-refractivity contribution in [2.75, 3.05) is 4.90 Å². The van der Waals surface area contributed by atoms with Crippen molar-refractivity contribution in [2.45, 2.75) is 6.61 Å². The van der Waals surface area contributed by atoms with E-state index in [1.165, 1.54) is 12.1 Å². The highest BCUT2D eigenvalue weighted by molar-refractivity contribution is 9.10. The van der Waals surface area contributed by atoms with Gasteiger partial charge in [0, 0.05) is 10.0 Å². The third-order valence-corrected chi connectivity index (χ3v) is 5.23. The number of hydrogen-bond donors (Lipinski definition) is 2. The number of hydrogen-bond acceptors (Lipinski definition) is 5. The normalized spacial score (nSPS) is 15.1. The second-order valence-electron chi connectivity index (χ2n) is 6.93. The molecule has 0 spiro atoms. The van der Waals surface area contributed by atoms with Crippen molar-refractivity contribution < 1.29 is 24.2 Å². The number of barbiturate groups is 1. The summed E-state index contributed by atoms with van der Waals surface area (Å²) in [6, 6.07) is 19.8. The Hall–Kier alpha value is -3.91. The molecular weight excluding hydrogens is 476 g/mol. The molecule has 0 radical (unpaired) electrons. The van der Waals surface area contributed by atoms with E-state index in [0.29, 0.717) is 16.8 Å². The van der Waals surface area contributed by atoms with Crippen LogP contribution in [0.3, 0.4) is 0 Å². The van der Waals surface area contributed by atoms with Crippen LogP contribution in [-0.2, 0) is 16.2 Å². The van der Waals surface area contributed by atoms with Crippen molar-refractivity contribution in [1.82, 2.24) is 5.32 Å². The molecule has 1 aliphatic rings. The molecule has 8 heteroatoms. The maximum Gasteiger partial charge on any atom is 0.335 e. The Morgan fingerprint density at radius 1 is 0.969 bits per heavy atom. The smallest absolute Gasteiger partial charge is 0.335 e. The third-order valence-electron chi connectivity index (χ3n) is 4.73. The maximum absolute atomic E-state index is 13.0. The molecule has 160 valence electrons. The molecule has 0 saturated carbocycles. The van der Waals surface area contributed by atoms with E-state index >= 15 is 0 Å². The maximum atomic E-state index is 13.0. The minimum absolute atomic E-state index is 0.107. The fourth-order valence-corrected chi connectivity index (χ4v) is 3.50. The summed E-state index contributed by atoms with van der Waals surface area (Å²) in [6.07, 6.45) is 1.24. The van der Waals surface area contributed by atoms with Crippen molar-refractivity contribution in [2.24, 2.45) is 0 Å². The number of carbonyl (C=O) groups is 3. The Kier molecular flexibility index (Phi) is 6.04. The predicted molar refractivity (Wildman–Crippen MR) is 122 cm³/mol. The fraction of sp³-hybridized carbons (Fsp3) is 0.0417. The molecule has 3 aromatic rings. The first-order valence-electron chi connectivity index (χ1n) is 9.59. The molecule has 0 bridgehead atoms. The molecule has 0 aliphatic carbocycles. The lowest BCUT2D eigenvalue weighted by Crippen LogP contribution is -2.54. The number of halogens is 1. The lowest BCUT2D eigenvalue weighted by Gasteiger charge is -2.26. The first-order chi connectivity index (χ1) is 15.4. The summed E-state index contributed by atoms with van der Waals surface area (Å²) >= 11 is 3.28. The van der Waals surface area contributed by atoms with Gasteiger partial charge in [-0.3, -0.25) is 14.9 Å². The van der Waals surface area contributed by atoms with Crippen LogP contribution in [-0.4, -0.2) is 23.0 Å². The van der Waals surface area contributed by atoms with Crippen LogP contribution in [0.25, 0.3) is 6.08 Å². The van der Waals surface area contributed by atoms with Crippen molar-refractivity contribution in [3.63, 3.8) is 0 Å². The van der Waals surface area contributed by atoms with Gasteiger partial charge >= 0.3 is 6.03 Å². The van der Waals surface area contributed by atoms with Gasteiger partial charge in [0.2, 0.25) is 0 Å². The molecule has 1 saturated heterocycles. The number of urea groups is 1. The van der Waals surface area contributed by atoms with E-state index < -0.39 is 17.8 Å². The Morgan fingerprint density at radius 2 is 1.69 bits per heavy atom. The number of phenols is 1. The van der Waals surface area contributed by atoms with E-state index in [4.69, 9.17) is 4.74 Å². The number of imide groups is 2. The monoisotopic (exact) mass is 492 g/mol. The number of rotatable bonds is 5. The van der Waals surface area contributed by atoms with Crippen LogP contribution in [0.15, 0.2) is 82.8 Å². The minimum atomic E-state index is -0.853. The summed E-state index contributed by atoms with van der Waals surface area (Å²) in [5, 5.41) is 12.2. The van der Waals surface area contributed by atoms with Crippen LogP contribution in [0.2, 0.25) is 0 Å². The van der Waals surface area contributed by atoms with Crippen LogP contribution in [0, 0.1) is 0 Å². The lowest BCUT2D eigenvalue weighted by atomic mass is 10.1. The van der Waals surface area contributed by atoms with Crippen molar-refractivity contribution in [1.29, 1.82) is 0 Å². The van der Waals surface area contributed by atoms with Crippen molar-refractivity contribution in [3.8, 4) is 11.5 Å². The van der Waals surface area contributed by atoms with Crippen LogP contribution in [0.5, 0.6) is 11.5 Å². The molecule has 1 aliphatic heterocycles. The third kappa shape index (κ3) is 4.55. The lowest BCUT2D eigenvalue weighted by molar-refractivity contribution is -0.122.